The lowest BCUT2D eigenvalue weighted by Gasteiger charge is -2.25. The maximum atomic E-state index is 10.7. The summed E-state index contributed by atoms with van der Waals surface area (Å²) in [6.07, 6.45) is 0. The van der Waals surface area contributed by atoms with Crippen LogP contribution >= 0.6 is 11.6 Å². The third-order valence-electron chi connectivity index (χ3n) is 2.41. The van der Waals surface area contributed by atoms with Crippen molar-refractivity contribution in [2.75, 3.05) is 12.4 Å². The van der Waals surface area contributed by atoms with Crippen molar-refractivity contribution in [1.29, 1.82) is 0 Å². The second-order valence-corrected chi connectivity index (χ2v) is 4.10. The first-order chi connectivity index (χ1) is 7.63. The van der Waals surface area contributed by atoms with Gasteiger partial charge in [-0.15, -0.1) is 11.6 Å². The monoisotopic (exact) mass is 241 g/mol. The van der Waals surface area contributed by atoms with Gasteiger partial charge in [0.1, 0.15) is 0 Å². The number of carbonyl (C=O) groups is 1. The zero-order valence-electron chi connectivity index (χ0n) is 9.27. The third kappa shape index (κ3) is 4.21. The molecule has 0 spiro atoms. The smallest absolute Gasteiger partial charge is 0.317 e. The van der Waals surface area contributed by atoms with Crippen molar-refractivity contribution in [2.24, 2.45) is 0 Å². The summed E-state index contributed by atoms with van der Waals surface area (Å²) >= 11 is 5.76. The number of alkyl halides is 1. The Morgan fingerprint density at radius 1 is 1.44 bits per heavy atom. The zero-order valence-corrected chi connectivity index (χ0v) is 10.0. The zero-order chi connectivity index (χ0) is 12.0. The first-order valence-electron chi connectivity index (χ1n) is 5.19. The molecule has 0 aliphatic rings. The van der Waals surface area contributed by atoms with E-state index in [1.165, 1.54) is 0 Å². The summed E-state index contributed by atoms with van der Waals surface area (Å²) in [6, 6.07) is 9.85. The van der Waals surface area contributed by atoms with Crippen molar-refractivity contribution in [2.45, 2.75) is 19.5 Å². The van der Waals surface area contributed by atoms with Gasteiger partial charge in [0, 0.05) is 18.5 Å². The van der Waals surface area contributed by atoms with Crippen LogP contribution in [-0.2, 0) is 11.3 Å². The Morgan fingerprint density at radius 2 is 2.06 bits per heavy atom. The molecule has 0 saturated carbocycles. The van der Waals surface area contributed by atoms with E-state index in [-0.39, 0.29) is 12.6 Å². The first-order valence-corrected chi connectivity index (χ1v) is 5.72. The Hall–Kier alpha value is -1.06. The molecule has 1 atom stereocenters. The van der Waals surface area contributed by atoms with Crippen LogP contribution in [0.4, 0.5) is 0 Å². The topological polar surface area (TPSA) is 40.5 Å². The first kappa shape index (κ1) is 13.0. The van der Waals surface area contributed by atoms with Gasteiger partial charge in [-0.1, -0.05) is 30.3 Å². The highest BCUT2D eigenvalue weighted by Gasteiger charge is 2.16. The summed E-state index contributed by atoms with van der Waals surface area (Å²) in [7, 11) is 0. The van der Waals surface area contributed by atoms with Gasteiger partial charge in [0.15, 0.2) is 0 Å². The fourth-order valence-corrected chi connectivity index (χ4v) is 1.65. The minimum atomic E-state index is -0.826. The van der Waals surface area contributed by atoms with E-state index in [0.717, 1.165) is 5.56 Å². The average molecular weight is 242 g/mol. The van der Waals surface area contributed by atoms with E-state index >= 15 is 0 Å². The standard InChI is InChI=1S/C12H16ClNO2/c1-10(7-13)14(9-12(15)16)8-11-5-3-2-4-6-11/h2-6,10H,7-9H2,1H3,(H,15,16). The molecule has 0 aromatic heterocycles. The lowest BCUT2D eigenvalue weighted by atomic mass is 10.2. The van der Waals surface area contributed by atoms with Gasteiger partial charge in [-0.25, -0.2) is 0 Å². The van der Waals surface area contributed by atoms with E-state index in [4.69, 9.17) is 16.7 Å². The van der Waals surface area contributed by atoms with Crippen LogP contribution in [-0.4, -0.2) is 34.4 Å². The lowest BCUT2D eigenvalue weighted by molar-refractivity contribution is -0.138. The Morgan fingerprint density at radius 3 is 2.56 bits per heavy atom. The second-order valence-electron chi connectivity index (χ2n) is 3.79. The van der Waals surface area contributed by atoms with Crippen LogP contribution in [0.5, 0.6) is 0 Å². The van der Waals surface area contributed by atoms with Gasteiger partial charge in [0.25, 0.3) is 0 Å². The fraction of sp³-hybridized carbons (Fsp3) is 0.417. The molecule has 0 heterocycles. The van der Waals surface area contributed by atoms with Crippen LogP contribution in [0.3, 0.4) is 0 Å². The molecular formula is C12H16ClNO2. The van der Waals surface area contributed by atoms with E-state index in [0.29, 0.717) is 12.4 Å². The molecule has 88 valence electrons. The van der Waals surface area contributed by atoms with Gasteiger partial charge >= 0.3 is 5.97 Å². The minimum Gasteiger partial charge on any atom is -0.480 e. The van der Waals surface area contributed by atoms with Crippen molar-refractivity contribution in [1.82, 2.24) is 4.90 Å². The van der Waals surface area contributed by atoms with E-state index < -0.39 is 5.97 Å². The van der Waals surface area contributed by atoms with Gasteiger partial charge in [-0.2, -0.15) is 0 Å². The molecule has 0 saturated heterocycles. The molecule has 0 aliphatic carbocycles. The summed E-state index contributed by atoms with van der Waals surface area (Å²) in [4.78, 5) is 12.6. The second kappa shape index (κ2) is 6.51. The molecule has 1 unspecified atom stereocenters. The molecule has 1 aromatic carbocycles. The summed E-state index contributed by atoms with van der Waals surface area (Å²) in [5, 5.41) is 8.82. The van der Waals surface area contributed by atoms with Crippen molar-refractivity contribution in [3.05, 3.63) is 35.9 Å². The Kier molecular flexibility index (Phi) is 5.29. The molecule has 0 amide bonds. The predicted octanol–water partition coefficient (Wildman–Crippen LogP) is 2.20. The van der Waals surface area contributed by atoms with E-state index in [2.05, 4.69) is 0 Å². The van der Waals surface area contributed by atoms with Crippen LogP contribution < -0.4 is 0 Å². The van der Waals surface area contributed by atoms with Crippen LogP contribution in [0, 0.1) is 0 Å². The highest BCUT2D eigenvalue weighted by atomic mass is 35.5. The van der Waals surface area contributed by atoms with E-state index in [9.17, 15) is 4.79 Å². The molecule has 1 rings (SSSR count). The Bertz CT molecular complexity index is 329. The number of aliphatic carboxylic acids is 1. The van der Waals surface area contributed by atoms with Gasteiger partial charge in [-0.3, -0.25) is 9.69 Å². The lowest BCUT2D eigenvalue weighted by Crippen LogP contribution is -2.37. The molecule has 3 nitrogen and oxygen atoms in total. The van der Waals surface area contributed by atoms with Crippen LogP contribution in [0.2, 0.25) is 0 Å². The van der Waals surface area contributed by atoms with Gasteiger partial charge < -0.3 is 5.11 Å². The van der Waals surface area contributed by atoms with Crippen molar-refractivity contribution in [3.8, 4) is 0 Å². The normalized spacial score (nSPS) is 12.7. The Labute approximate surface area is 101 Å². The average Bonchev–Trinajstić information content (AvgIpc) is 2.28. The summed E-state index contributed by atoms with van der Waals surface area (Å²) < 4.78 is 0. The number of benzene rings is 1. The van der Waals surface area contributed by atoms with Crippen molar-refractivity contribution in [3.63, 3.8) is 0 Å². The number of carboxylic acid groups (broad SMARTS) is 1. The Balaban J connectivity index is 2.67. The molecule has 1 N–H and O–H groups in total. The number of halogens is 1. The number of hydrogen-bond donors (Lipinski definition) is 1. The predicted molar refractivity (Wildman–Crippen MR) is 64.7 cm³/mol. The van der Waals surface area contributed by atoms with Crippen LogP contribution in [0.15, 0.2) is 30.3 Å². The van der Waals surface area contributed by atoms with Gasteiger partial charge in [0.2, 0.25) is 0 Å². The quantitative estimate of drug-likeness (QED) is 0.777. The van der Waals surface area contributed by atoms with Gasteiger partial charge in [-0.05, 0) is 12.5 Å². The van der Waals surface area contributed by atoms with Crippen LogP contribution in [0.1, 0.15) is 12.5 Å². The largest absolute Gasteiger partial charge is 0.480 e. The fourth-order valence-electron chi connectivity index (χ4n) is 1.46. The van der Waals surface area contributed by atoms with Crippen LogP contribution in [0.25, 0.3) is 0 Å². The van der Waals surface area contributed by atoms with E-state index in [1.807, 2.05) is 42.2 Å². The maximum Gasteiger partial charge on any atom is 0.317 e. The number of hydrogen-bond acceptors (Lipinski definition) is 2. The van der Waals surface area contributed by atoms with Gasteiger partial charge in [0.05, 0.1) is 6.54 Å². The number of rotatable bonds is 6. The number of nitrogens with zero attached hydrogens (tertiary/aromatic N) is 1. The maximum absolute atomic E-state index is 10.7. The molecule has 16 heavy (non-hydrogen) atoms. The molecule has 4 heteroatoms. The number of carboxylic acids is 1. The van der Waals surface area contributed by atoms with Crippen molar-refractivity contribution < 1.29 is 9.90 Å². The molecule has 1 aromatic rings. The molecule has 0 fully saturated rings. The molecule has 0 bridgehead atoms. The highest BCUT2D eigenvalue weighted by Crippen LogP contribution is 2.09. The van der Waals surface area contributed by atoms with Crippen molar-refractivity contribution >= 4 is 17.6 Å². The SMILES string of the molecule is CC(CCl)N(CC(=O)O)Cc1ccccc1. The summed E-state index contributed by atoms with van der Waals surface area (Å²) in [5.74, 6) is -0.395. The summed E-state index contributed by atoms with van der Waals surface area (Å²) in [6.45, 7) is 2.56. The highest BCUT2D eigenvalue weighted by molar-refractivity contribution is 6.18. The third-order valence-corrected chi connectivity index (χ3v) is 2.86. The summed E-state index contributed by atoms with van der Waals surface area (Å²) in [5.41, 5.74) is 1.10. The molecular weight excluding hydrogens is 226 g/mol. The van der Waals surface area contributed by atoms with E-state index in [1.54, 1.807) is 0 Å². The minimum absolute atomic E-state index is 0.0166. The molecule has 0 aliphatic heterocycles. The molecule has 0 radical (unpaired) electrons.